The van der Waals surface area contributed by atoms with Gasteiger partial charge in [-0.2, -0.15) is 0 Å². The molecule has 2 N–H and O–H groups in total. The van der Waals surface area contributed by atoms with E-state index in [9.17, 15) is 14.7 Å². The molecule has 0 saturated heterocycles. The molecule has 2 unspecified atom stereocenters. The maximum Gasteiger partial charge on any atom is 0.256 e. The molecule has 6 heteroatoms. The van der Waals surface area contributed by atoms with Gasteiger partial charge in [0.15, 0.2) is 5.72 Å². The Morgan fingerprint density at radius 1 is 1.44 bits per heavy atom. The van der Waals surface area contributed by atoms with Crippen LogP contribution in [0.3, 0.4) is 0 Å². The van der Waals surface area contributed by atoms with Gasteiger partial charge in [-0.05, 0) is 6.42 Å². The number of nitrogens with zero attached hydrogens (tertiary/aromatic N) is 1. The van der Waals surface area contributed by atoms with Crippen LogP contribution in [0.1, 0.15) is 13.3 Å². The van der Waals surface area contributed by atoms with Crippen molar-refractivity contribution in [3.05, 3.63) is 12.2 Å². The largest absolute Gasteiger partial charge is 0.393 e. The van der Waals surface area contributed by atoms with Gasteiger partial charge >= 0.3 is 0 Å². The quantitative estimate of drug-likeness (QED) is 0.591. The Kier molecular flexibility index (Phi) is 3.79. The molecule has 0 aliphatic carbocycles. The SMILES string of the molecule is CCC(O)(C(CO)OC)N1C(=O)C=CC1=O. The normalized spacial score (nSPS) is 21.4. The number of methoxy groups -OCH3 is 1. The smallest absolute Gasteiger partial charge is 0.256 e. The van der Waals surface area contributed by atoms with Crippen LogP contribution >= 0.6 is 0 Å². The zero-order valence-electron chi connectivity index (χ0n) is 9.21. The molecule has 0 aromatic rings. The fraction of sp³-hybridized carbons (Fsp3) is 0.600. The maximum absolute atomic E-state index is 11.4. The molecular weight excluding hydrogens is 214 g/mol. The third kappa shape index (κ3) is 1.87. The summed E-state index contributed by atoms with van der Waals surface area (Å²) in [6.07, 6.45) is 1.20. The molecule has 2 atom stereocenters. The van der Waals surface area contributed by atoms with Gasteiger partial charge < -0.3 is 14.9 Å². The van der Waals surface area contributed by atoms with E-state index in [1.165, 1.54) is 7.11 Å². The second-order valence-corrected chi connectivity index (χ2v) is 3.48. The molecule has 1 aliphatic rings. The average Bonchev–Trinajstić information content (AvgIpc) is 2.60. The Morgan fingerprint density at radius 2 is 1.94 bits per heavy atom. The van der Waals surface area contributed by atoms with Crippen LogP contribution in [-0.4, -0.2) is 52.5 Å². The van der Waals surface area contributed by atoms with Crippen LogP contribution in [-0.2, 0) is 14.3 Å². The zero-order valence-corrected chi connectivity index (χ0v) is 9.21. The van der Waals surface area contributed by atoms with Crippen LogP contribution in [0.4, 0.5) is 0 Å². The lowest BCUT2D eigenvalue weighted by Crippen LogP contribution is -2.60. The number of aliphatic hydroxyl groups excluding tert-OH is 1. The lowest BCUT2D eigenvalue weighted by molar-refractivity contribution is -0.200. The Bertz CT molecular complexity index is 305. The number of ether oxygens (including phenoxy) is 1. The van der Waals surface area contributed by atoms with E-state index in [1.807, 2.05) is 0 Å². The first kappa shape index (κ1) is 12.8. The molecule has 0 spiro atoms. The highest BCUT2D eigenvalue weighted by Gasteiger charge is 2.47. The lowest BCUT2D eigenvalue weighted by Gasteiger charge is -2.39. The summed E-state index contributed by atoms with van der Waals surface area (Å²) in [7, 11) is 1.29. The molecule has 1 heterocycles. The Hall–Kier alpha value is -1.24. The molecule has 1 aliphatic heterocycles. The highest BCUT2D eigenvalue weighted by Crippen LogP contribution is 2.26. The third-order valence-electron chi connectivity index (χ3n) is 2.68. The van der Waals surface area contributed by atoms with E-state index in [2.05, 4.69) is 0 Å². The first-order chi connectivity index (χ1) is 7.51. The number of rotatable bonds is 5. The van der Waals surface area contributed by atoms with E-state index in [0.717, 1.165) is 12.2 Å². The van der Waals surface area contributed by atoms with Gasteiger partial charge in [-0.3, -0.25) is 9.59 Å². The molecule has 6 nitrogen and oxygen atoms in total. The Balaban J connectivity index is 3.04. The molecule has 0 bridgehead atoms. The second-order valence-electron chi connectivity index (χ2n) is 3.48. The molecule has 0 aromatic heterocycles. The predicted octanol–water partition coefficient (Wildman–Crippen LogP) is -0.983. The molecule has 16 heavy (non-hydrogen) atoms. The average molecular weight is 229 g/mol. The summed E-state index contributed by atoms with van der Waals surface area (Å²) in [5.41, 5.74) is -1.82. The van der Waals surface area contributed by atoms with Crippen molar-refractivity contribution in [2.24, 2.45) is 0 Å². The van der Waals surface area contributed by atoms with Gasteiger partial charge in [-0.15, -0.1) is 0 Å². The molecule has 0 saturated carbocycles. The molecule has 0 radical (unpaired) electrons. The Labute approximate surface area is 93.1 Å². The summed E-state index contributed by atoms with van der Waals surface area (Å²) in [6.45, 7) is 1.11. The summed E-state index contributed by atoms with van der Waals surface area (Å²) < 4.78 is 4.89. The van der Waals surface area contributed by atoms with Gasteiger partial charge in [-0.25, -0.2) is 4.90 Å². The number of carbonyl (C=O) groups is 2. The molecule has 2 amide bonds. The van der Waals surface area contributed by atoms with Crippen molar-refractivity contribution in [1.82, 2.24) is 4.90 Å². The number of imide groups is 1. The third-order valence-corrected chi connectivity index (χ3v) is 2.68. The van der Waals surface area contributed by atoms with E-state index in [0.29, 0.717) is 4.90 Å². The molecular formula is C10H15NO5. The standard InChI is InChI=1S/C10H15NO5/c1-3-10(15,7(6-12)16-2)11-8(13)4-5-9(11)14/h4-5,7,12,15H,3,6H2,1-2H3. The summed E-state index contributed by atoms with van der Waals surface area (Å²) in [5.74, 6) is -1.21. The van der Waals surface area contributed by atoms with Gasteiger partial charge in [0, 0.05) is 19.3 Å². The van der Waals surface area contributed by atoms with Crippen molar-refractivity contribution < 1.29 is 24.5 Å². The highest BCUT2D eigenvalue weighted by atomic mass is 16.5. The van der Waals surface area contributed by atoms with Gasteiger partial charge in [-0.1, -0.05) is 6.92 Å². The van der Waals surface area contributed by atoms with Gasteiger partial charge in [0.25, 0.3) is 11.8 Å². The maximum atomic E-state index is 11.4. The van der Waals surface area contributed by atoms with Gasteiger partial charge in [0.1, 0.15) is 6.10 Å². The fourth-order valence-corrected chi connectivity index (χ4v) is 1.72. The van der Waals surface area contributed by atoms with Crippen LogP contribution < -0.4 is 0 Å². The minimum Gasteiger partial charge on any atom is -0.393 e. The van der Waals surface area contributed by atoms with E-state index in [-0.39, 0.29) is 6.42 Å². The number of amides is 2. The first-order valence-corrected chi connectivity index (χ1v) is 4.93. The molecule has 90 valence electrons. The summed E-state index contributed by atoms with van der Waals surface area (Å²) in [5, 5.41) is 19.4. The minimum absolute atomic E-state index is 0.0746. The van der Waals surface area contributed by atoms with Crippen LogP contribution in [0.5, 0.6) is 0 Å². The summed E-state index contributed by atoms with van der Waals surface area (Å²) in [4.78, 5) is 23.6. The zero-order chi connectivity index (χ0) is 12.3. The highest BCUT2D eigenvalue weighted by molar-refractivity contribution is 6.13. The van der Waals surface area contributed by atoms with Crippen LogP contribution in [0.25, 0.3) is 0 Å². The predicted molar refractivity (Wildman–Crippen MR) is 54.1 cm³/mol. The summed E-state index contributed by atoms with van der Waals surface area (Å²) in [6, 6.07) is 0. The van der Waals surface area contributed by atoms with E-state index in [4.69, 9.17) is 9.84 Å². The second kappa shape index (κ2) is 4.73. The molecule has 1 rings (SSSR count). The van der Waals surface area contributed by atoms with E-state index < -0.39 is 30.3 Å². The Morgan fingerprint density at radius 3 is 2.25 bits per heavy atom. The molecule has 0 aromatic carbocycles. The van der Waals surface area contributed by atoms with Crippen molar-refractivity contribution >= 4 is 11.8 Å². The van der Waals surface area contributed by atoms with Crippen molar-refractivity contribution in [1.29, 1.82) is 0 Å². The van der Waals surface area contributed by atoms with Gasteiger partial charge in [0.2, 0.25) is 0 Å². The number of carbonyl (C=O) groups excluding carboxylic acids is 2. The van der Waals surface area contributed by atoms with Crippen LogP contribution in [0.15, 0.2) is 12.2 Å². The first-order valence-electron chi connectivity index (χ1n) is 4.93. The van der Waals surface area contributed by atoms with Crippen molar-refractivity contribution in [2.45, 2.75) is 25.2 Å². The monoisotopic (exact) mass is 229 g/mol. The number of hydrogen-bond acceptors (Lipinski definition) is 5. The lowest BCUT2D eigenvalue weighted by atomic mass is 10.0. The van der Waals surface area contributed by atoms with Crippen molar-refractivity contribution in [3.8, 4) is 0 Å². The van der Waals surface area contributed by atoms with Crippen molar-refractivity contribution in [3.63, 3.8) is 0 Å². The number of hydrogen-bond donors (Lipinski definition) is 2. The van der Waals surface area contributed by atoms with E-state index >= 15 is 0 Å². The van der Waals surface area contributed by atoms with Crippen LogP contribution in [0, 0.1) is 0 Å². The molecule has 0 fully saturated rings. The van der Waals surface area contributed by atoms with Crippen molar-refractivity contribution in [2.75, 3.05) is 13.7 Å². The minimum atomic E-state index is -1.82. The number of aliphatic hydroxyl groups is 2. The summed E-state index contributed by atoms with van der Waals surface area (Å²) >= 11 is 0. The van der Waals surface area contributed by atoms with E-state index in [1.54, 1.807) is 6.92 Å². The van der Waals surface area contributed by atoms with Crippen LogP contribution in [0.2, 0.25) is 0 Å². The fourth-order valence-electron chi connectivity index (χ4n) is 1.72. The van der Waals surface area contributed by atoms with Gasteiger partial charge in [0.05, 0.1) is 6.61 Å². The topological polar surface area (TPSA) is 87.1 Å².